The molecule has 2 N–H and O–H groups in total. The van der Waals surface area contributed by atoms with E-state index in [0.717, 1.165) is 33.4 Å². The number of hydrogen-bond acceptors (Lipinski definition) is 7. The summed E-state index contributed by atoms with van der Waals surface area (Å²) in [5.41, 5.74) is 3.42. The van der Waals surface area contributed by atoms with Gasteiger partial charge in [-0.2, -0.15) is 9.37 Å². The molecule has 0 bridgehead atoms. The first-order valence-electron chi connectivity index (χ1n) is 19.1. The van der Waals surface area contributed by atoms with Crippen molar-refractivity contribution in [2.75, 3.05) is 6.61 Å². The van der Waals surface area contributed by atoms with Crippen molar-refractivity contribution >= 4 is 23.4 Å². The summed E-state index contributed by atoms with van der Waals surface area (Å²) in [6.45, 7) is -0.0378. The van der Waals surface area contributed by atoms with Gasteiger partial charge in [-0.1, -0.05) is 194 Å². The maximum absolute atomic E-state index is 14.8. The topological polar surface area (TPSA) is 94.4 Å². The summed E-state index contributed by atoms with van der Waals surface area (Å²) >= 11 is 5.37. The summed E-state index contributed by atoms with van der Waals surface area (Å²) in [6, 6.07) is 60.1. The van der Waals surface area contributed by atoms with Gasteiger partial charge in [0, 0.05) is 0 Å². The summed E-state index contributed by atoms with van der Waals surface area (Å²) in [6.07, 6.45) is -3.76. The fourth-order valence-corrected chi connectivity index (χ4v) is 8.46. The number of ether oxygens (including phenoxy) is 3. The van der Waals surface area contributed by atoms with Gasteiger partial charge in [-0.25, -0.2) is 4.98 Å². The van der Waals surface area contributed by atoms with Crippen LogP contribution in [0.1, 0.15) is 39.6 Å². The lowest BCUT2D eigenvalue weighted by molar-refractivity contribution is -0.131. The van der Waals surface area contributed by atoms with Gasteiger partial charge in [0.1, 0.15) is 40.7 Å². The first-order chi connectivity index (χ1) is 28.5. The first-order valence-corrected chi connectivity index (χ1v) is 19.5. The van der Waals surface area contributed by atoms with Crippen LogP contribution in [0.2, 0.25) is 0 Å². The molecule has 6 aromatic carbocycles. The minimum atomic E-state index is -1.32. The highest BCUT2D eigenvalue weighted by Gasteiger charge is 2.52. The maximum Gasteiger partial charge on any atom is 0.289 e. The second kappa shape index (κ2) is 16.0. The number of aromatic nitrogens is 4. The van der Waals surface area contributed by atoms with E-state index in [9.17, 15) is 9.50 Å². The highest BCUT2D eigenvalue weighted by atomic mass is 32.1. The molecule has 0 amide bonds. The number of aliphatic hydroxyl groups excluding tert-OH is 1. The molecule has 1 aliphatic rings. The highest BCUT2D eigenvalue weighted by molar-refractivity contribution is 7.71. The van der Waals surface area contributed by atoms with Crippen molar-refractivity contribution in [3.63, 3.8) is 0 Å². The largest absolute Gasteiger partial charge is 0.386 e. The third kappa shape index (κ3) is 6.64. The SMILES string of the molecule is O[C@@H]1[C@H](OC(c2ccccc2)(c2ccccc2)c2ccccc2)[C@@H](COC(c2ccccc2)(c2ccccc2)c2ccccc2)O[C@H]1n1cnc2c(=S)nc(F)[nH]c21. The number of H-pyrrole nitrogens is 1. The van der Waals surface area contributed by atoms with E-state index in [1.54, 1.807) is 4.57 Å². The number of benzene rings is 6. The Morgan fingerprint density at radius 3 is 1.45 bits per heavy atom. The molecule has 3 heterocycles. The predicted molar refractivity (Wildman–Crippen MR) is 222 cm³/mol. The van der Waals surface area contributed by atoms with Gasteiger partial charge in [0.05, 0.1) is 12.9 Å². The molecule has 1 fully saturated rings. The molecule has 0 spiro atoms. The summed E-state index contributed by atoms with van der Waals surface area (Å²) in [5.74, 6) is 0. The Balaban J connectivity index is 1.22. The van der Waals surface area contributed by atoms with Crippen LogP contribution in [0.15, 0.2) is 188 Å². The van der Waals surface area contributed by atoms with Crippen molar-refractivity contribution in [2.45, 2.75) is 35.7 Å². The summed E-state index contributed by atoms with van der Waals surface area (Å²) in [7, 11) is 0. The Morgan fingerprint density at radius 2 is 1.03 bits per heavy atom. The minimum absolute atomic E-state index is 0.0141. The molecule has 2 aromatic heterocycles. The van der Waals surface area contributed by atoms with E-state index < -0.39 is 41.8 Å². The van der Waals surface area contributed by atoms with Crippen LogP contribution in [0, 0.1) is 10.7 Å². The molecule has 1 aliphatic heterocycles. The molecule has 0 saturated carbocycles. The van der Waals surface area contributed by atoms with Gasteiger partial charge >= 0.3 is 0 Å². The van der Waals surface area contributed by atoms with E-state index >= 15 is 0 Å². The van der Waals surface area contributed by atoms with Crippen molar-refractivity contribution in [1.82, 2.24) is 19.5 Å². The van der Waals surface area contributed by atoms with Crippen molar-refractivity contribution in [1.29, 1.82) is 0 Å². The molecule has 58 heavy (non-hydrogen) atoms. The lowest BCUT2D eigenvalue weighted by Gasteiger charge is -2.41. The van der Waals surface area contributed by atoms with Gasteiger partial charge in [0.2, 0.25) is 0 Å². The number of fused-ring (bicyclic) bond motifs is 1. The fourth-order valence-electron chi connectivity index (χ4n) is 8.23. The average Bonchev–Trinajstić information content (AvgIpc) is 3.84. The number of nitrogens with zero attached hydrogens (tertiary/aromatic N) is 3. The standard InChI is InChI=1S/C48H39FN4O4S/c49-46-51-43-40(44(58)52-46)50-32-53(43)45-41(54)42(57-48(36-25-13-4-14-26-36,37-27-15-5-16-28-37)38-29-17-6-18-30-38)39(56-45)31-55-47(33-19-7-1-8-20-33,34-21-9-2-10-22-34)35-23-11-3-12-24-35/h1-30,32,39,41-42,45,54H,31H2,(H,51,52,58)/t39-,41-,42-,45-/m1/s1. The number of imidazole rings is 1. The zero-order valence-corrected chi connectivity index (χ0v) is 32.0. The van der Waals surface area contributed by atoms with E-state index in [2.05, 4.69) is 51.4 Å². The second-order valence-corrected chi connectivity index (χ2v) is 14.6. The molecule has 1 saturated heterocycles. The van der Waals surface area contributed by atoms with Gasteiger partial charge in [0.15, 0.2) is 10.9 Å². The number of nitrogens with one attached hydrogen (secondary N) is 1. The van der Waals surface area contributed by atoms with Gasteiger partial charge in [-0.05, 0) is 33.4 Å². The Kier molecular flexibility index (Phi) is 10.3. The van der Waals surface area contributed by atoms with Crippen LogP contribution >= 0.6 is 12.2 Å². The molecule has 0 radical (unpaired) electrons. The summed E-state index contributed by atoms with van der Waals surface area (Å²) in [4.78, 5) is 10.8. The molecule has 288 valence electrons. The zero-order valence-electron chi connectivity index (χ0n) is 31.2. The van der Waals surface area contributed by atoms with E-state index in [1.165, 1.54) is 6.33 Å². The Labute approximate surface area is 340 Å². The average molecular weight is 787 g/mol. The first kappa shape index (κ1) is 37.4. The molecular formula is C48H39FN4O4S. The summed E-state index contributed by atoms with van der Waals surface area (Å²) < 4.78 is 38.1. The van der Waals surface area contributed by atoms with Gasteiger partial charge in [-0.3, -0.25) is 9.55 Å². The molecule has 0 aliphatic carbocycles. The molecule has 8 aromatic rings. The van der Waals surface area contributed by atoms with Crippen molar-refractivity contribution in [2.24, 2.45) is 0 Å². The summed E-state index contributed by atoms with van der Waals surface area (Å²) in [5, 5.41) is 12.7. The highest BCUT2D eigenvalue weighted by Crippen LogP contribution is 2.47. The van der Waals surface area contributed by atoms with Crippen molar-refractivity contribution in [3.8, 4) is 0 Å². The Morgan fingerprint density at radius 1 is 0.638 bits per heavy atom. The third-order valence-corrected chi connectivity index (χ3v) is 11.1. The Hall–Kier alpha value is -6.14. The van der Waals surface area contributed by atoms with Crippen LogP contribution in [0.5, 0.6) is 0 Å². The van der Waals surface area contributed by atoms with Crippen molar-refractivity contribution in [3.05, 3.63) is 232 Å². The molecule has 0 unspecified atom stereocenters. The van der Waals surface area contributed by atoms with E-state index in [4.69, 9.17) is 26.4 Å². The Bertz CT molecular complexity index is 2460. The molecular weight excluding hydrogens is 748 g/mol. The van der Waals surface area contributed by atoms with E-state index in [-0.39, 0.29) is 22.4 Å². The third-order valence-electron chi connectivity index (χ3n) is 10.9. The number of aromatic amines is 1. The predicted octanol–water partition coefficient (Wildman–Crippen LogP) is 9.27. The number of halogens is 1. The van der Waals surface area contributed by atoms with E-state index in [1.807, 2.05) is 146 Å². The van der Waals surface area contributed by atoms with Crippen LogP contribution in [0.4, 0.5) is 4.39 Å². The normalized spacial score (nSPS) is 18.4. The maximum atomic E-state index is 14.8. The van der Waals surface area contributed by atoms with Gasteiger partial charge in [0.25, 0.3) is 6.08 Å². The number of rotatable bonds is 12. The fraction of sp³-hybridized carbons (Fsp3) is 0.146. The van der Waals surface area contributed by atoms with Gasteiger partial charge in [-0.15, -0.1) is 0 Å². The van der Waals surface area contributed by atoms with Crippen LogP contribution in [0.3, 0.4) is 0 Å². The van der Waals surface area contributed by atoms with Crippen LogP contribution in [0.25, 0.3) is 11.2 Å². The molecule has 10 heteroatoms. The lowest BCUT2D eigenvalue weighted by Crippen LogP contribution is -2.46. The second-order valence-electron chi connectivity index (χ2n) is 14.2. The van der Waals surface area contributed by atoms with Crippen molar-refractivity contribution < 1.29 is 23.7 Å². The van der Waals surface area contributed by atoms with Crippen LogP contribution in [-0.2, 0) is 25.4 Å². The number of hydrogen-bond donors (Lipinski definition) is 2. The minimum Gasteiger partial charge on any atom is -0.386 e. The monoisotopic (exact) mass is 786 g/mol. The van der Waals surface area contributed by atoms with Crippen LogP contribution in [-0.4, -0.2) is 49.5 Å². The molecule has 9 rings (SSSR count). The van der Waals surface area contributed by atoms with E-state index in [0.29, 0.717) is 0 Å². The smallest absolute Gasteiger partial charge is 0.289 e. The molecule has 8 nitrogen and oxygen atoms in total. The van der Waals surface area contributed by atoms with Crippen LogP contribution < -0.4 is 0 Å². The molecule has 4 atom stereocenters. The van der Waals surface area contributed by atoms with Gasteiger partial charge < -0.3 is 19.3 Å². The number of aliphatic hydroxyl groups is 1. The lowest BCUT2D eigenvalue weighted by atomic mass is 9.79. The quantitative estimate of drug-likeness (QED) is 0.0725. The zero-order chi connectivity index (χ0) is 39.5.